The predicted octanol–water partition coefficient (Wildman–Crippen LogP) is -2.26. The van der Waals surface area contributed by atoms with E-state index in [1.54, 1.807) is 0 Å². The quantitative estimate of drug-likeness (QED) is 0.160. The Morgan fingerprint density at radius 1 is 1.00 bits per heavy atom. The van der Waals surface area contributed by atoms with E-state index in [4.69, 9.17) is 9.11 Å². The molecule has 0 rings (SSSR count). The van der Waals surface area contributed by atoms with Gasteiger partial charge in [-0.2, -0.15) is 8.42 Å². The first-order chi connectivity index (χ1) is 7.21. The summed E-state index contributed by atoms with van der Waals surface area (Å²) in [4.78, 5) is 0. The van der Waals surface area contributed by atoms with Gasteiger partial charge in [-0.1, -0.05) is 10.8 Å². The molecule has 17 heavy (non-hydrogen) atoms. The van der Waals surface area contributed by atoms with Crippen molar-refractivity contribution in [3.63, 3.8) is 0 Å². The van der Waals surface area contributed by atoms with Crippen LogP contribution in [0.2, 0.25) is 0 Å². The van der Waals surface area contributed by atoms with Crippen LogP contribution in [0.5, 0.6) is 0 Å². The topological polar surface area (TPSA) is 109 Å². The van der Waals surface area contributed by atoms with Crippen LogP contribution >= 0.6 is 21.6 Å². The molecule has 6 nitrogen and oxygen atoms in total. The van der Waals surface area contributed by atoms with E-state index in [1.807, 2.05) is 0 Å². The molecule has 0 aromatic heterocycles. The Labute approximate surface area is 132 Å². The minimum Gasteiger partial charge on any atom is -0.301 e. The van der Waals surface area contributed by atoms with Gasteiger partial charge in [-0.15, -0.1) is 16.5 Å². The summed E-state index contributed by atoms with van der Waals surface area (Å²) < 4.78 is 58.0. The van der Waals surface area contributed by atoms with E-state index in [0.717, 1.165) is 0 Å². The van der Waals surface area contributed by atoms with E-state index >= 15 is 0 Å². The zero-order chi connectivity index (χ0) is 12.7. The van der Waals surface area contributed by atoms with Gasteiger partial charge in [-0.3, -0.25) is 9.11 Å². The van der Waals surface area contributed by atoms with Crippen LogP contribution in [0.25, 0.3) is 0 Å². The van der Waals surface area contributed by atoms with Crippen LogP contribution in [-0.4, -0.2) is 49.0 Å². The monoisotopic (exact) mass is 332 g/mol. The SMILES string of the molecule is O=S(=O)(O)C[CH-]CSSCCCS(=O)(=O)O.[Na+]. The average Bonchev–Trinajstić information content (AvgIpc) is 2.06. The predicted molar refractivity (Wildman–Crippen MR) is 66.7 cm³/mol. The molecule has 0 aliphatic carbocycles. The van der Waals surface area contributed by atoms with Gasteiger partial charge in [0, 0.05) is 5.75 Å². The molecule has 0 amide bonds. The third kappa shape index (κ3) is 20.0. The summed E-state index contributed by atoms with van der Waals surface area (Å²) in [6.07, 6.45) is 1.75. The molecule has 0 saturated carbocycles. The van der Waals surface area contributed by atoms with Gasteiger partial charge < -0.3 is 6.42 Å². The van der Waals surface area contributed by atoms with Gasteiger partial charge in [0.25, 0.3) is 10.1 Å². The molecule has 11 heteroatoms. The molecule has 0 aromatic carbocycles. The Bertz CT molecular complexity index is 339. The normalized spacial score (nSPS) is 12.1. The summed E-state index contributed by atoms with van der Waals surface area (Å²) in [5.74, 6) is 0.335. The van der Waals surface area contributed by atoms with Crippen LogP contribution in [0, 0.1) is 6.42 Å². The Morgan fingerprint density at radius 2 is 1.59 bits per heavy atom. The van der Waals surface area contributed by atoms with Crippen LogP contribution in [0.3, 0.4) is 0 Å². The van der Waals surface area contributed by atoms with Gasteiger partial charge in [-0.05, 0) is 12.2 Å². The third-order valence-electron chi connectivity index (χ3n) is 1.23. The van der Waals surface area contributed by atoms with Crippen molar-refractivity contribution in [1.29, 1.82) is 0 Å². The third-order valence-corrected chi connectivity index (χ3v) is 5.09. The van der Waals surface area contributed by atoms with Gasteiger partial charge in [0.2, 0.25) is 10.1 Å². The van der Waals surface area contributed by atoms with Gasteiger partial charge in [0.15, 0.2) is 0 Å². The molecule has 0 radical (unpaired) electrons. The van der Waals surface area contributed by atoms with Gasteiger partial charge >= 0.3 is 29.6 Å². The van der Waals surface area contributed by atoms with Crippen LogP contribution < -0.4 is 29.6 Å². The van der Waals surface area contributed by atoms with Gasteiger partial charge in [-0.25, -0.2) is 8.42 Å². The fourth-order valence-electron chi connectivity index (χ4n) is 0.652. The Balaban J connectivity index is 0. The van der Waals surface area contributed by atoms with Gasteiger partial charge in [0.05, 0.1) is 5.75 Å². The molecule has 2 N–H and O–H groups in total. The minimum atomic E-state index is -3.93. The first-order valence-electron chi connectivity index (χ1n) is 4.17. The van der Waals surface area contributed by atoms with E-state index in [2.05, 4.69) is 0 Å². The summed E-state index contributed by atoms with van der Waals surface area (Å²) in [6, 6.07) is 0. The average molecular weight is 332 g/mol. The van der Waals surface area contributed by atoms with Crippen molar-refractivity contribution in [1.82, 2.24) is 0 Å². The molecule has 0 heterocycles. The van der Waals surface area contributed by atoms with E-state index in [0.29, 0.717) is 17.9 Å². The maximum atomic E-state index is 10.3. The standard InChI is InChI=1S/C6H13O6S4.Na/c7-15(8,9)5-1-3-13-14-4-2-6-16(10,11)12;/h1H,2-6H2,(H,7,8,9)(H,10,11,12);/q-1;+1. The smallest absolute Gasteiger partial charge is 0.301 e. The molecule has 0 aromatic rings. The first-order valence-corrected chi connectivity index (χ1v) is 9.88. The van der Waals surface area contributed by atoms with Crippen molar-refractivity contribution >= 4 is 41.8 Å². The number of hydrogen-bond acceptors (Lipinski definition) is 6. The van der Waals surface area contributed by atoms with Gasteiger partial charge in [0.1, 0.15) is 0 Å². The molecule has 98 valence electrons. The van der Waals surface area contributed by atoms with Crippen molar-refractivity contribution < 1.29 is 55.5 Å². The molecular weight excluding hydrogens is 319 g/mol. The second kappa shape index (κ2) is 10.3. The van der Waals surface area contributed by atoms with E-state index in [9.17, 15) is 16.8 Å². The van der Waals surface area contributed by atoms with Crippen molar-refractivity contribution in [3.8, 4) is 0 Å². The van der Waals surface area contributed by atoms with Crippen LogP contribution in [0.4, 0.5) is 0 Å². The fourth-order valence-corrected chi connectivity index (χ4v) is 3.88. The van der Waals surface area contributed by atoms with Crippen molar-refractivity contribution in [3.05, 3.63) is 6.42 Å². The summed E-state index contributed by atoms with van der Waals surface area (Å²) >= 11 is 0. The molecule has 0 saturated heterocycles. The summed E-state index contributed by atoms with van der Waals surface area (Å²) in [7, 11) is -5.08. The van der Waals surface area contributed by atoms with E-state index in [-0.39, 0.29) is 41.1 Å². The zero-order valence-electron chi connectivity index (χ0n) is 9.27. The van der Waals surface area contributed by atoms with Crippen LogP contribution in [0.1, 0.15) is 6.42 Å². The summed E-state index contributed by atoms with van der Waals surface area (Å²) in [5, 5.41) is 0. The number of hydrogen-bond donors (Lipinski definition) is 2. The maximum Gasteiger partial charge on any atom is 1.00 e. The Hall–Kier alpha value is 1.52. The van der Waals surface area contributed by atoms with Crippen molar-refractivity contribution in [2.24, 2.45) is 0 Å². The zero-order valence-corrected chi connectivity index (χ0v) is 14.5. The van der Waals surface area contributed by atoms with E-state index < -0.39 is 20.2 Å². The molecule has 0 fully saturated rings. The Kier molecular flexibility index (Phi) is 12.7. The number of rotatable bonds is 9. The molecule has 0 bridgehead atoms. The second-order valence-corrected chi connectivity index (χ2v) is 8.48. The maximum absolute atomic E-state index is 10.3. The molecule has 0 atom stereocenters. The molecule has 0 spiro atoms. The molecule has 0 aliphatic rings. The Morgan fingerprint density at radius 3 is 2.06 bits per heavy atom. The van der Waals surface area contributed by atoms with E-state index in [1.165, 1.54) is 28.0 Å². The van der Waals surface area contributed by atoms with Crippen LogP contribution in [0.15, 0.2) is 0 Å². The van der Waals surface area contributed by atoms with Crippen LogP contribution in [-0.2, 0) is 20.2 Å². The minimum absolute atomic E-state index is 0. The van der Waals surface area contributed by atoms with Crippen molar-refractivity contribution in [2.75, 3.05) is 23.0 Å². The second-order valence-electron chi connectivity index (χ2n) is 2.78. The fraction of sp³-hybridized carbons (Fsp3) is 0.833. The molecule has 0 unspecified atom stereocenters. The summed E-state index contributed by atoms with van der Waals surface area (Å²) in [5.41, 5.74) is 0. The first kappa shape index (κ1) is 20.8. The molecule has 0 aliphatic heterocycles. The van der Waals surface area contributed by atoms with Crippen molar-refractivity contribution in [2.45, 2.75) is 6.42 Å². The largest absolute Gasteiger partial charge is 1.00 e. The molecular formula is C6H13NaO6S4. The summed E-state index contributed by atoms with van der Waals surface area (Å²) in [6.45, 7) is 0.